The molecule has 0 aliphatic carbocycles. The Morgan fingerprint density at radius 3 is 2.70 bits per heavy atom. The third kappa shape index (κ3) is 5.30. The van der Waals surface area contributed by atoms with Crippen LogP contribution < -0.4 is 0 Å². The molecule has 0 aliphatic heterocycles. The Labute approximate surface area is 59.9 Å². The summed E-state index contributed by atoms with van der Waals surface area (Å²) in [5, 5.41) is 0. The summed E-state index contributed by atoms with van der Waals surface area (Å²) in [7, 11) is 0. The summed E-state index contributed by atoms with van der Waals surface area (Å²) in [4.78, 5) is 0. The lowest BCUT2D eigenvalue weighted by Gasteiger charge is -1.93. The molecule has 55 valence electrons. The van der Waals surface area contributed by atoms with Gasteiger partial charge in [0.1, 0.15) is 0 Å². The fourth-order valence-corrected chi connectivity index (χ4v) is 0.465. The standard InChI is InChI=1S/C8H9F2/c1-3-4-7(2)5-6-8(9)10/h1,4-5,8H,6H2,2H3/b7-5+. The third-order valence-corrected chi connectivity index (χ3v) is 0.929. The van der Waals surface area contributed by atoms with Crippen LogP contribution in [0.15, 0.2) is 11.6 Å². The van der Waals surface area contributed by atoms with E-state index in [0.717, 1.165) is 0 Å². The van der Waals surface area contributed by atoms with Gasteiger partial charge in [0.2, 0.25) is 6.43 Å². The number of hydrogen-bond donors (Lipinski definition) is 0. The smallest absolute Gasteiger partial charge is 0.210 e. The van der Waals surface area contributed by atoms with Crippen molar-refractivity contribution in [3.8, 4) is 12.3 Å². The highest BCUT2D eigenvalue weighted by molar-refractivity contribution is 5.23. The van der Waals surface area contributed by atoms with Crippen molar-refractivity contribution in [2.45, 2.75) is 19.8 Å². The van der Waals surface area contributed by atoms with Crippen molar-refractivity contribution >= 4 is 0 Å². The van der Waals surface area contributed by atoms with Gasteiger partial charge in [-0.15, -0.1) is 6.42 Å². The van der Waals surface area contributed by atoms with Gasteiger partial charge < -0.3 is 0 Å². The maximum Gasteiger partial charge on any atom is 0.242 e. The zero-order valence-corrected chi connectivity index (χ0v) is 5.77. The first-order valence-electron chi connectivity index (χ1n) is 2.91. The molecule has 0 heterocycles. The number of terminal acetylenes is 1. The van der Waals surface area contributed by atoms with Crippen molar-refractivity contribution in [3.63, 3.8) is 0 Å². The van der Waals surface area contributed by atoms with E-state index in [4.69, 9.17) is 6.42 Å². The van der Waals surface area contributed by atoms with Gasteiger partial charge in [-0.1, -0.05) is 17.6 Å². The lowest BCUT2D eigenvalue weighted by atomic mass is 10.2. The molecule has 10 heavy (non-hydrogen) atoms. The number of rotatable bonds is 3. The van der Waals surface area contributed by atoms with E-state index in [-0.39, 0.29) is 6.42 Å². The Hall–Kier alpha value is -0.840. The van der Waals surface area contributed by atoms with Crippen LogP contribution in [0.2, 0.25) is 0 Å². The molecule has 0 spiro atoms. The first kappa shape index (κ1) is 9.16. The van der Waals surface area contributed by atoms with E-state index in [9.17, 15) is 8.78 Å². The molecule has 0 bridgehead atoms. The predicted molar refractivity (Wildman–Crippen MR) is 37.5 cm³/mol. The SMILES string of the molecule is C#C[CH]/C(C)=C/CC(F)F. The van der Waals surface area contributed by atoms with Crippen LogP contribution >= 0.6 is 0 Å². The highest BCUT2D eigenvalue weighted by Gasteiger charge is 1.97. The first-order valence-corrected chi connectivity index (χ1v) is 2.91. The second kappa shape index (κ2) is 4.99. The molecular weight excluding hydrogens is 134 g/mol. The van der Waals surface area contributed by atoms with E-state index in [0.29, 0.717) is 5.57 Å². The molecule has 0 aromatic rings. The molecule has 2 heteroatoms. The molecule has 0 nitrogen and oxygen atoms in total. The van der Waals surface area contributed by atoms with Crippen LogP contribution in [0.1, 0.15) is 13.3 Å². The van der Waals surface area contributed by atoms with Gasteiger partial charge >= 0.3 is 0 Å². The van der Waals surface area contributed by atoms with E-state index >= 15 is 0 Å². The minimum Gasteiger partial charge on any atom is -0.210 e. The van der Waals surface area contributed by atoms with Crippen LogP contribution in [0.4, 0.5) is 8.78 Å². The third-order valence-electron chi connectivity index (χ3n) is 0.929. The van der Waals surface area contributed by atoms with Crippen LogP contribution in [-0.4, -0.2) is 6.43 Å². The largest absolute Gasteiger partial charge is 0.242 e. The van der Waals surface area contributed by atoms with Gasteiger partial charge in [0, 0.05) is 6.42 Å². The van der Waals surface area contributed by atoms with Crippen LogP contribution in [0.25, 0.3) is 0 Å². The molecule has 0 atom stereocenters. The molecule has 0 fully saturated rings. The molecule has 0 saturated carbocycles. The van der Waals surface area contributed by atoms with Crippen molar-refractivity contribution in [1.82, 2.24) is 0 Å². The zero-order chi connectivity index (χ0) is 7.98. The Morgan fingerprint density at radius 1 is 1.70 bits per heavy atom. The van der Waals surface area contributed by atoms with Gasteiger partial charge in [0.25, 0.3) is 0 Å². The molecule has 0 amide bonds. The summed E-state index contributed by atoms with van der Waals surface area (Å²) in [6.07, 6.45) is 5.29. The summed E-state index contributed by atoms with van der Waals surface area (Å²) >= 11 is 0. The molecule has 0 aromatic heterocycles. The predicted octanol–water partition coefficient (Wildman–Crippen LogP) is 2.43. The van der Waals surface area contributed by atoms with E-state index < -0.39 is 6.43 Å². The zero-order valence-electron chi connectivity index (χ0n) is 5.77. The van der Waals surface area contributed by atoms with Gasteiger partial charge in [0.15, 0.2) is 0 Å². The van der Waals surface area contributed by atoms with E-state index in [1.165, 1.54) is 12.5 Å². The minimum atomic E-state index is -2.28. The normalized spacial score (nSPS) is 11.7. The molecule has 0 unspecified atom stereocenters. The van der Waals surface area contributed by atoms with Crippen molar-refractivity contribution in [2.75, 3.05) is 0 Å². The monoisotopic (exact) mass is 143 g/mol. The highest BCUT2D eigenvalue weighted by atomic mass is 19.3. The Kier molecular flexibility index (Phi) is 4.57. The Balaban J connectivity index is 3.60. The van der Waals surface area contributed by atoms with Gasteiger partial charge in [-0.3, -0.25) is 0 Å². The summed E-state index contributed by atoms with van der Waals surface area (Å²) in [6, 6.07) is 0. The van der Waals surface area contributed by atoms with Crippen LogP contribution in [0.3, 0.4) is 0 Å². The summed E-state index contributed by atoms with van der Waals surface area (Å²) in [5.74, 6) is 2.25. The number of hydrogen-bond acceptors (Lipinski definition) is 0. The number of allylic oxidation sites excluding steroid dienone is 2. The van der Waals surface area contributed by atoms with Gasteiger partial charge in [-0.05, 0) is 6.92 Å². The van der Waals surface area contributed by atoms with Gasteiger partial charge in [-0.2, -0.15) is 0 Å². The first-order chi connectivity index (χ1) is 4.66. The van der Waals surface area contributed by atoms with Crippen molar-refractivity contribution in [2.24, 2.45) is 0 Å². The molecule has 1 radical (unpaired) electrons. The summed E-state index contributed by atoms with van der Waals surface area (Å²) in [6.45, 7) is 1.70. The van der Waals surface area contributed by atoms with Crippen molar-refractivity contribution in [3.05, 3.63) is 18.1 Å². The van der Waals surface area contributed by atoms with Gasteiger partial charge in [-0.25, -0.2) is 8.78 Å². The topological polar surface area (TPSA) is 0 Å². The minimum absolute atomic E-state index is 0.218. The van der Waals surface area contributed by atoms with E-state index in [1.807, 2.05) is 0 Å². The molecular formula is C8H9F2. The molecule has 0 N–H and O–H groups in total. The molecule has 0 rings (SSSR count). The average Bonchev–Trinajstić information content (AvgIpc) is 1.85. The second-order valence-electron chi connectivity index (χ2n) is 1.89. The van der Waals surface area contributed by atoms with Gasteiger partial charge in [0.05, 0.1) is 6.42 Å². The van der Waals surface area contributed by atoms with E-state index in [1.54, 1.807) is 6.92 Å². The Morgan fingerprint density at radius 2 is 2.30 bits per heavy atom. The molecule has 0 saturated heterocycles. The highest BCUT2D eigenvalue weighted by Crippen LogP contribution is 2.04. The molecule has 0 aromatic carbocycles. The Bertz CT molecular complexity index is 151. The van der Waals surface area contributed by atoms with Crippen LogP contribution in [0, 0.1) is 18.8 Å². The average molecular weight is 143 g/mol. The van der Waals surface area contributed by atoms with Crippen molar-refractivity contribution < 1.29 is 8.78 Å². The summed E-state index contributed by atoms with van der Waals surface area (Å²) in [5.41, 5.74) is 0.711. The quantitative estimate of drug-likeness (QED) is 0.532. The second-order valence-corrected chi connectivity index (χ2v) is 1.89. The van der Waals surface area contributed by atoms with E-state index in [2.05, 4.69) is 5.92 Å². The maximum atomic E-state index is 11.5. The summed E-state index contributed by atoms with van der Waals surface area (Å²) < 4.78 is 23.1. The number of alkyl halides is 2. The van der Waals surface area contributed by atoms with Crippen molar-refractivity contribution in [1.29, 1.82) is 0 Å². The lowest BCUT2D eigenvalue weighted by Crippen LogP contribution is -1.86. The molecule has 0 aliphatic rings. The lowest BCUT2D eigenvalue weighted by molar-refractivity contribution is 0.152. The number of halogens is 2. The fourth-order valence-electron chi connectivity index (χ4n) is 0.465. The fraction of sp³-hybridized carbons (Fsp3) is 0.375. The van der Waals surface area contributed by atoms with Crippen LogP contribution in [-0.2, 0) is 0 Å². The van der Waals surface area contributed by atoms with Crippen LogP contribution in [0.5, 0.6) is 0 Å². The maximum absolute atomic E-state index is 11.5.